The van der Waals surface area contributed by atoms with Crippen molar-refractivity contribution in [2.45, 2.75) is 13.5 Å². The Morgan fingerprint density at radius 2 is 1.89 bits per heavy atom. The lowest BCUT2D eigenvalue weighted by Gasteiger charge is -2.11. The first-order valence-corrected chi connectivity index (χ1v) is 5.95. The van der Waals surface area contributed by atoms with Crippen molar-refractivity contribution in [1.29, 1.82) is 5.26 Å². The number of aromatic nitrogens is 1. The molecule has 0 aliphatic heterocycles. The molecule has 0 amide bonds. The summed E-state index contributed by atoms with van der Waals surface area (Å²) in [6.07, 6.45) is 0. The van der Waals surface area contributed by atoms with Crippen LogP contribution in [0.15, 0.2) is 41.2 Å². The van der Waals surface area contributed by atoms with E-state index in [1.54, 1.807) is 28.8 Å². The van der Waals surface area contributed by atoms with E-state index >= 15 is 0 Å². The average Bonchev–Trinajstić information content (AvgIpc) is 2.39. The van der Waals surface area contributed by atoms with Crippen molar-refractivity contribution in [2.75, 3.05) is 0 Å². The number of nitrogens with zero attached hydrogens (tertiary/aromatic N) is 2. The maximum atomic E-state index is 12.0. The zero-order valence-electron chi connectivity index (χ0n) is 9.85. The maximum Gasteiger partial charge on any atom is 0.268 e. The third-order valence-corrected chi connectivity index (χ3v) is 3.00. The Labute approximate surface area is 110 Å². The van der Waals surface area contributed by atoms with Gasteiger partial charge in [0, 0.05) is 11.6 Å². The predicted octanol–water partition coefficient (Wildman–Crippen LogP) is 3.06. The second-order valence-electron chi connectivity index (χ2n) is 3.80. The van der Waals surface area contributed by atoms with E-state index in [1.807, 2.05) is 25.1 Å². The molecule has 1 heterocycles. The summed E-state index contributed by atoms with van der Waals surface area (Å²) in [6, 6.07) is 12.5. The molecule has 2 aromatic rings. The smallest absolute Gasteiger partial charge is 0.268 e. The summed E-state index contributed by atoms with van der Waals surface area (Å²) in [5, 5.41) is 9.51. The van der Waals surface area contributed by atoms with Gasteiger partial charge in [0.15, 0.2) is 0 Å². The zero-order valence-corrected chi connectivity index (χ0v) is 10.6. The third-order valence-electron chi connectivity index (χ3n) is 2.75. The van der Waals surface area contributed by atoms with Crippen LogP contribution in [0.25, 0.3) is 11.3 Å². The van der Waals surface area contributed by atoms with Gasteiger partial charge in [-0.2, -0.15) is 5.26 Å². The highest BCUT2D eigenvalue weighted by molar-refractivity contribution is 6.30. The molecule has 0 spiro atoms. The Bertz CT molecular complexity index is 666. The molecule has 0 aliphatic carbocycles. The van der Waals surface area contributed by atoms with Gasteiger partial charge in [-0.15, -0.1) is 0 Å². The Morgan fingerprint density at radius 1 is 1.22 bits per heavy atom. The van der Waals surface area contributed by atoms with Gasteiger partial charge < -0.3 is 4.57 Å². The van der Waals surface area contributed by atoms with Crippen LogP contribution in [0.1, 0.15) is 12.5 Å². The molecule has 3 nitrogen and oxygen atoms in total. The van der Waals surface area contributed by atoms with Gasteiger partial charge in [-0.3, -0.25) is 4.79 Å². The van der Waals surface area contributed by atoms with E-state index in [-0.39, 0.29) is 11.1 Å². The first-order chi connectivity index (χ1) is 8.67. The van der Waals surface area contributed by atoms with Crippen molar-refractivity contribution in [1.82, 2.24) is 4.57 Å². The van der Waals surface area contributed by atoms with Crippen LogP contribution in [0.5, 0.6) is 0 Å². The first-order valence-electron chi connectivity index (χ1n) is 5.57. The number of hydrogen-bond donors (Lipinski definition) is 0. The van der Waals surface area contributed by atoms with E-state index < -0.39 is 0 Å². The number of halogens is 1. The van der Waals surface area contributed by atoms with Gasteiger partial charge in [0.25, 0.3) is 5.56 Å². The van der Waals surface area contributed by atoms with Crippen LogP contribution < -0.4 is 5.56 Å². The van der Waals surface area contributed by atoms with Crippen molar-refractivity contribution >= 4 is 11.6 Å². The molecule has 0 unspecified atom stereocenters. The molecule has 1 aromatic heterocycles. The molecule has 0 radical (unpaired) electrons. The summed E-state index contributed by atoms with van der Waals surface area (Å²) in [5.74, 6) is 0. The van der Waals surface area contributed by atoms with Crippen molar-refractivity contribution in [3.8, 4) is 17.3 Å². The molecule has 0 N–H and O–H groups in total. The molecule has 90 valence electrons. The number of nitriles is 1. The number of rotatable bonds is 2. The van der Waals surface area contributed by atoms with Crippen molar-refractivity contribution in [2.24, 2.45) is 0 Å². The van der Waals surface area contributed by atoms with Gasteiger partial charge in [0.05, 0.1) is 5.69 Å². The Kier molecular flexibility index (Phi) is 3.50. The van der Waals surface area contributed by atoms with E-state index in [1.165, 1.54) is 0 Å². The van der Waals surface area contributed by atoms with Gasteiger partial charge in [0.1, 0.15) is 11.6 Å². The molecule has 0 fully saturated rings. The fourth-order valence-electron chi connectivity index (χ4n) is 1.85. The normalized spacial score (nSPS) is 10.1. The predicted molar refractivity (Wildman–Crippen MR) is 71.5 cm³/mol. The summed E-state index contributed by atoms with van der Waals surface area (Å²) < 4.78 is 1.59. The van der Waals surface area contributed by atoms with Crippen molar-refractivity contribution < 1.29 is 0 Å². The van der Waals surface area contributed by atoms with Gasteiger partial charge in [-0.25, -0.2) is 0 Å². The fourth-order valence-corrected chi connectivity index (χ4v) is 1.98. The van der Waals surface area contributed by atoms with Crippen LogP contribution in [-0.2, 0) is 6.54 Å². The third kappa shape index (κ3) is 2.15. The lowest BCUT2D eigenvalue weighted by Crippen LogP contribution is -2.23. The average molecular weight is 259 g/mol. The minimum Gasteiger partial charge on any atom is -0.307 e. The topological polar surface area (TPSA) is 45.8 Å². The Hall–Kier alpha value is -2.05. The molecular weight excluding hydrogens is 248 g/mol. The van der Waals surface area contributed by atoms with Crippen molar-refractivity contribution in [3.63, 3.8) is 0 Å². The lowest BCUT2D eigenvalue weighted by molar-refractivity contribution is 0.733. The molecular formula is C14H11ClN2O. The molecule has 0 bridgehead atoms. The Balaban J connectivity index is 2.66. The van der Waals surface area contributed by atoms with Crippen LogP contribution in [0.3, 0.4) is 0 Å². The molecule has 18 heavy (non-hydrogen) atoms. The van der Waals surface area contributed by atoms with E-state index in [2.05, 4.69) is 0 Å². The van der Waals surface area contributed by atoms with Crippen LogP contribution in [0, 0.1) is 11.3 Å². The maximum absolute atomic E-state index is 12.0. The largest absolute Gasteiger partial charge is 0.307 e. The van der Waals surface area contributed by atoms with E-state index in [0.717, 1.165) is 11.3 Å². The lowest BCUT2D eigenvalue weighted by atomic mass is 10.1. The summed E-state index contributed by atoms with van der Waals surface area (Å²) in [5.41, 5.74) is 1.60. The second kappa shape index (κ2) is 5.07. The van der Waals surface area contributed by atoms with E-state index in [4.69, 9.17) is 16.9 Å². The molecule has 0 atom stereocenters. The van der Waals surface area contributed by atoms with Gasteiger partial charge in [0.2, 0.25) is 0 Å². The van der Waals surface area contributed by atoms with Gasteiger partial charge in [-0.1, -0.05) is 23.7 Å². The SMILES string of the molecule is CCn1c(-c2ccc(Cl)cc2)ccc(C#N)c1=O. The standard InChI is InChI=1S/C14H11ClN2O/c1-2-17-13(8-5-11(9-16)14(17)18)10-3-6-12(15)7-4-10/h3-8H,2H2,1H3. The minimum absolute atomic E-state index is 0.162. The second-order valence-corrected chi connectivity index (χ2v) is 4.24. The summed E-state index contributed by atoms with van der Waals surface area (Å²) >= 11 is 5.84. The molecule has 2 rings (SSSR count). The number of hydrogen-bond acceptors (Lipinski definition) is 2. The van der Waals surface area contributed by atoms with E-state index in [9.17, 15) is 4.79 Å². The van der Waals surface area contributed by atoms with Crippen LogP contribution >= 0.6 is 11.6 Å². The highest BCUT2D eigenvalue weighted by Crippen LogP contribution is 2.20. The monoisotopic (exact) mass is 258 g/mol. The summed E-state index contributed by atoms with van der Waals surface area (Å²) in [6.45, 7) is 2.40. The summed E-state index contributed by atoms with van der Waals surface area (Å²) in [7, 11) is 0. The molecule has 4 heteroatoms. The minimum atomic E-state index is -0.257. The van der Waals surface area contributed by atoms with Crippen molar-refractivity contribution in [3.05, 3.63) is 57.3 Å². The number of benzene rings is 1. The summed E-state index contributed by atoms with van der Waals surface area (Å²) in [4.78, 5) is 12.0. The molecule has 1 aromatic carbocycles. The molecule has 0 saturated heterocycles. The zero-order chi connectivity index (χ0) is 13.1. The number of pyridine rings is 1. The fraction of sp³-hybridized carbons (Fsp3) is 0.143. The van der Waals surface area contributed by atoms with E-state index in [0.29, 0.717) is 11.6 Å². The van der Waals surface area contributed by atoms with Crippen LogP contribution in [-0.4, -0.2) is 4.57 Å². The first kappa shape index (κ1) is 12.4. The Morgan fingerprint density at radius 3 is 2.44 bits per heavy atom. The van der Waals surface area contributed by atoms with Crippen LogP contribution in [0.2, 0.25) is 5.02 Å². The highest BCUT2D eigenvalue weighted by Gasteiger charge is 2.08. The van der Waals surface area contributed by atoms with Crippen LogP contribution in [0.4, 0.5) is 0 Å². The quantitative estimate of drug-likeness (QED) is 0.831. The molecule has 0 aliphatic rings. The van der Waals surface area contributed by atoms with Gasteiger partial charge in [-0.05, 0) is 36.8 Å². The highest BCUT2D eigenvalue weighted by atomic mass is 35.5. The van der Waals surface area contributed by atoms with Gasteiger partial charge >= 0.3 is 0 Å². The molecule has 0 saturated carbocycles.